The number of nitrogens with zero attached hydrogens (tertiary/aromatic N) is 4. The second-order valence-corrected chi connectivity index (χ2v) is 7.56. The van der Waals surface area contributed by atoms with Crippen LogP contribution in [-0.4, -0.2) is 69.4 Å². The van der Waals surface area contributed by atoms with E-state index in [0.717, 1.165) is 4.31 Å². The lowest BCUT2D eigenvalue weighted by molar-refractivity contribution is -0.186. The van der Waals surface area contributed by atoms with Gasteiger partial charge in [-0.2, -0.15) is 17.5 Å². The minimum absolute atomic E-state index is 0.0133. The van der Waals surface area contributed by atoms with Gasteiger partial charge in [0.15, 0.2) is 11.0 Å². The van der Waals surface area contributed by atoms with Gasteiger partial charge in [0.2, 0.25) is 10.0 Å². The molecule has 0 fully saturated rings. The van der Waals surface area contributed by atoms with Gasteiger partial charge in [0, 0.05) is 27.7 Å². The highest BCUT2D eigenvalue weighted by atomic mass is 32.2. The molecule has 1 aromatic carbocycles. The number of hydrogen-bond donors (Lipinski definition) is 1. The molecule has 1 aromatic heterocycles. The van der Waals surface area contributed by atoms with Crippen LogP contribution in [0.15, 0.2) is 21.7 Å². The van der Waals surface area contributed by atoms with Gasteiger partial charge in [-0.15, -0.1) is 0 Å². The van der Waals surface area contributed by atoms with Crippen molar-refractivity contribution >= 4 is 32.7 Å². The van der Waals surface area contributed by atoms with Gasteiger partial charge in [0.05, 0.1) is 12.3 Å². The quantitative estimate of drug-likeness (QED) is 0.518. The number of rotatable bonds is 7. The summed E-state index contributed by atoms with van der Waals surface area (Å²) in [5, 5.41) is 7.33. The Hall–Kier alpha value is -2.45. The van der Waals surface area contributed by atoms with Crippen LogP contribution in [0.2, 0.25) is 0 Å². The van der Waals surface area contributed by atoms with Crippen molar-refractivity contribution in [2.24, 2.45) is 0 Å². The van der Waals surface area contributed by atoms with E-state index in [0.29, 0.717) is 5.69 Å². The van der Waals surface area contributed by atoms with E-state index in [1.807, 2.05) is 0 Å². The van der Waals surface area contributed by atoms with Crippen LogP contribution in [0.5, 0.6) is 0 Å². The van der Waals surface area contributed by atoms with Gasteiger partial charge in [0.25, 0.3) is 0 Å². The van der Waals surface area contributed by atoms with Crippen molar-refractivity contribution < 1.29 is 35.9 Å². The highest BCUT2D eigenvalue weighted by Crippen LogP contribution is 2.29. The van der Waals surface area contributed by atoms with Crippen LogP contribution >= 0.6 is 0 Å². The summed E-state index contributed by atoms with van der Waals surface area (Å²) in [7, 11) is 0.593. The summed E-state index contributed by atoms with van der Waals surface area (Å²) in [5.74, 6) is -2.29. The van der Waals surface area contributed by atoms with E-state index in [-0.39, 0.29) is 22.5 Å². The molecule has 1 N–H and O–H groups in total. The number of sulfonamides is 1. The molecule has 2 aromatic rings. The molecule has 0 aliphatic rings. The Bertz CT molecular complexity index is 928. The standard InChI is InChI=1S/C13H16F3N5O5S/c1-20(2)8-4-5-9(11-10(8)17-26-18-11)27(23,24)21(3)6-7-25-19-12(22)13(14,15)16/h4-5H,6-7H2,1-3H3,(H,19,22). The average Bonchev–Trinajstić information content (AvgIpc) is 3.05. The third-order valence-electron chi connectivity index (χ3n) is 3.46. The lowest BCUT2D eigenvalue weighted by Gasteiger charge is -2.18. The third-order valence-corrected chi connectivity index (χ3v) is 5.35. The van der Waals surface area contributed by atoms with Crippen LogP contribution in [0.4, 0.5) is 18.9 Å². The first-order chi connectivity index (χ1) is 12.5. The molecule has 0 aliphatic carbocycles. The van der Waals surface area contributed by atoms with Gasteiger partial charge in [-0.25, -0.2) is 18.5 Å². The maximum Gasteiger partial charge on any atom is 0.473 e. The number of carbonyl (C=O) groups excluding carboxylic acids is 1. The number of anilines is 1. The topological polar surface area (TPSA) is 118 Å². The molecule has 150 valence electrons. The summed E-state index contributed by atoms with van der Waals surface area (Å²) in [5.41, 5.74) is 2.03. The summed E-state index contributed by atoms with van der Waals surface area (Å²) in [6.07, 6.45) is -5.10. The monoisotopic (exact) mass is 411 g/mol. The van der Waals surface area contributed by atoms with Crippen molar-refractivity contribution in [1.82, 2.24) is 20.1 Å². The van der Waals surface area contributed by atoms with Crippen LogP contribution in [0.25, 0.3) is 11.0 Å². The Morgan fingerprint density at radius 3 is 2.44 bits per heavy atom. The fraction of sp³-hybridized carbons (Fsp3) is 0.462. The van der Waals surface area contributed by atoms with E-state index in [2.05, 4.69) is 19.8 Å². The predicted octanol–water partition coefficient (Wildman–Crippen LogP) is 0.519. The number of benzene rings is 1. The molecular formula is C13H16F3N5O5S. The number of halogens is 3. The fourth-order valence-corrected chi connectivity index (χ4v) is 3.31. The Kier molecular flexibility index (Phi) is 5.91. The number of nitrogens with one attached hydrogen (secondary N) is 1. The van der Waals surface area contributed by atoms with E-state index < -0.39 is 28.7 Å². The molecular weight excluding hydrogens is 395 g/mol. The van der Waals surface area contributed by atoms with E-state index in [1.54, 1.807) is 19.0 Å². The van der Waals surface area contributed by atoms with Crippen molar-refractivity contribution in [3.63, 3.8) is 0 Å². The number of fused-ring (bicyclic) bond motifs is 1. The number of aromatic nitrogens is 2. The Morgan fingerprint density at radius 1 is 1.22 bits per heavy atom. The molecule has 1 amide bonds. The second kappa shape index (κ2) is 7.66. The van der Waals surface area contributed by atoms with Crippen LogP contribution < -0.4 is 10.4 Å². The lowest BCUT2D eigenvalue weighted by Crippen LogP contribution is -2.39. The van der Waals surface area contributed by atoms with E-state index in [9.17, 15) is 26.4 Å². The van der Waals surface area contributed by atoms with Crippen molar-refractivity contribution in [1.29, 1.82) is 0 Å². The van der Waals surface area contributed by atoms with Gasteiger partial charge in [-0.3, -0.25) is 9.63 Å². The highest BCUT2D eigenvalue weighted by Gasteiger charge is 2.39. The van der Waals surface area contributed by atoms with Crippen LogP contribution in [-0.2, 0) is 19.7 Å². The fourth-order valence-electron chi connectivity index (χ4n) is 2.04. The van der Waals surface area contributed by atoms with E-state index >= 15 is 0 Å². The number of likely N-dealkylation sites (N-methyl/N-ethyl adjacent to an activating group) is 1. The van der Waals surface area contributed by atoms with Gasteiger partial charge in [-0.05, 0) is 22.4 Å². The molecule has 27 heavy (non-hydrogen) atoms. The molecule has 0 saturated carbocycles. The van der Waals surface area contributed by atoms with Crippen molar-refractivity contribution in [3.05, 3.63) is 12.1 Å². The number of hydrogen-bond acceptors (Lipinski definition) is 8. The summed E-state index contributed by atoms with van der Waals surface area (Å²) in [6.45, 7) is -0.837. The minimum atomic E-state index is -5.10. The van der Waals surface area contributed by atoms with E-state index in [4.69, 9.17) is 0 Å². The van der Waals surface area contributed by atoms with Crippen molar-refractivity contribution in [2.75, 3.05) is 39.2 Å². The molecule has 2 rings (SSSR count). The smallest absolute Gasteiger partial charge is 0.376 e. The van der Waals surface area contributed by atoms with Crippen LogP contribution in [0.3, 0.4) is 0 Å². The zero-order valence-electron chi connectivity index (χ0n) is 14.4. The lowest BCUT2D eigenvalue weighted by atomic mass is 10.2. The Balaban J connectivity index is 2.12. The van der Waals surface area contributed by atoms with Gasteiger partial charge >= 0.3 is 12.1 Å². The summed E-state index contributed by atoms with van der Waals surface area (Å²) >= 11 is 0. The third kappa shape index (κ3) is 4.45. The zero-order chi connectivity index (χ0) is 20.4. The highest BCUT2D eigenvalue weighted by molar-refractivity contribution is 7.89. The molecule has 0 unspecified atom stereocenters. The number of alkyl halides is 3. The molecule has 1 heterocycles. The normalized spacial score (nSPS) is 12.6. The SMILES string of the molecule is CN(C)c1ccc(S(=O)(=O)N(C)CCONC(=O)C(F)(F)F)c2nonc12. The first kappa shape index (κ1) is 20.9. The van der Waals surface area contributed by atoms with Crippen molar-refractivity contribution in [3.8, 4) is 0 Å². The number of hydroxylamine groups is 1. The number of carbonyl (C=O) groups is 1. The Labute approximate surface area is 151 Å². The summed E-state index contributed by atoms with van der Waals surface area (Å²) in [6, 6.07) is 2.84. The van der Waals surface area contributed by atoms with Gasteiger partial charge < -0.3 is 4.90 Å². The average molecular weight is 411 g/mol. The second-order valence-electron chi connectivity index (χ2n) is 5.54. The molecule has 14 heteroatoms. The Morgan fingerprint density at radius 2 is 1.85 bits per heavy atom. The molecule has 0 saturated heterocycles. The van der Waals surface area contributed by atoms with E-state index in [1.165, 1.54) is 24.7 Å². The minimum Gasteiger partial charge on any atom is -0.376 e. The molecule has 0 spiro atoms. The van der Waals surface area contributed by atoms with Crippen molar-refractivity contribution in [2.45, 2.75) is 11.1 Å². The molecule has 0 atom stereocenters. The zero-order valence-corrected chi connectivity index (χ0v) is 15.3. The maximum atomic E-state index is 12.7. The molecule has 10 nitrogen and oxygen atoms in total. The molecule has 0 aliphatic heterocycles. The largest absolute Gasteiger partial charge is 0.473 e. The number of amides is 1. The first-order valence-corrected chi connectivity index (χ1v) is 8.78. The van der Waals surface area contributed by atoms with Gasteiger partial charge in [0.1, 0.15) is 4.90 Å². The summed E-state index contributed by atoms with van der Waals surface area (Å²) < 4.78 is 67.0. The first-order valence-electron chi connectivity index (χ1n) is 7.34. The summed E-state index contributed by atoms with van der Waals surface area (Å²) in [4.78, 5) is 16.5. The molecule has 0 radical (unpaired) electrons. The molecule has 0 bridgehead atoms. The van der Waals surface area contributed by atoms with Crippen LogP contribution in [0, 0.1) is 0 Å². The van der Waals surface area contributed by atoms with Gasteiger partial charge in [-0.1, -0.05) is 0 Å². The predicted molar refractivity (Wildman–Crippen MR) is 86.1 cm³/mol. The maximum absolute atomic E-state index is 12.7. The van der Waals surface area contributed by atoms with Crippen LogP contribution in [0.1, 0.15) is 0 Å².